The van der Waals surface area contributed by atoms with Crippen molar-refractivity contribution in [2.45, 2.75) is 12.0 Å². The smallest absolute Gasteiger partial charge is 0.320 e. The average Bonchev–Trinajstić information content (AvgIpc) is 3.49. The third kappa shape index (κ3) is 5.70. The number of aromatic nitrogens is 3. The number of nitrogens with one attached hydrogen (secondary N) is 2. The van der Waals surface area contributed by atoms with Crippen LogP contribution in [0.15, 0.2) is 79.1 Å². The van der Waals surface area contributed by atoms with Gasteiger partial charge in [0, 0.05) is 44.4 Å². The Kier molecular flexibility index (Phi) is 7.97. The van der Waals surface area contributed by atoms with Gasteiger partial charge in [-0.3, -0.25) is 15.2 Å². The van der Waals surface area contributed by atoms with Crippen LogP contribution < -0.4 is 10.6 Å². The highest BCUT2D eigenvalue weighted by Gasteiger charge is 2.35. The van der Waals surface area contributed by atoms with E-state index in [-0.39, 0.29) is 12.0 Å². The molecule has 1 aliphatic heterocycles. The number of hydrogen-bond acceptors (Lipinski definition) is 5. The summed E-state index contributed by atoms with van der Waals surface area (Å²) >= 11 is 6.80. The van der Waals surface area contributed by atoms with E-state index in [0.29, 0.717) is 42.8 Å². The number of carbonyl (C=O) groups excluding carboxylic acids is 1. The lowest BCUT2D eigenvalue weighted by Crippen LogP contribution is -2.42. The van der Waals surface area contributed by atoms with Crippen molar-refractivity contribution < 1.29 is 13.9 Å². The Balaban J connectivity index is 1.41. The minimum absolute atomic E-state index is 0.143. The molecule has 1 saturated heterocycles. The molecule has 2 N–H and O–H groups in total. The van der Waals surface area contributed by atoms with Crippen molar-refractivity contribution in [2.24, 2.45) is 0 Å². The topological polar surface area (TPSA) is 84.3 Å². The second kappa shape index (κ2) is 11.7. The molecule has 196 valence electrons. The highest BCUT2D eigenvalue weighted by Crippen LogP contribution is 2.35. The molecule has 0 aliphatic carbocycles. The number of benzene rings is 2. The Morgan fingerprint density at radius 3 is 2.55 bits per heavy atom. The number of rotatable bonds is 8. The van der Waals surface area contributed by atoms with Crippen LogP contribution in [-0.4, -0.2) is 65.1 Å². The number of likely N-dealkylation sites (tertiary alicyclic amines) is 1. The van der Waals surface area contributed by atoms with Gasteiger partial charge in [0.2, 0.25) is 0 Å². The Bertz CT molecular complexity index is 1380. The van der Waals surface area contributed by atoms with E-state index in [1.807, 2.05) is 60.7 Å². The number of anilines is 1. The summed E-state index contributed by atoms with van der Waals surface area (Å²) in [6.45, 7) is 2.48. The fourth-order valence-electron chi connectivity index (χ4n) is 4.76. The molecule has 1 aliphatic rings. The van der Waals surface area contributed by atoms with Gasteiger partial charge in [0.1, 0.15) is 16.5 Å². The van der Waals surface area contributed by atoms with Crippen molar-refractivity contribution in [1.29, 1.82) is 0 Å². The Morgan fingerprint density at radius 2 is 1.84 bits per heavy atom. The van der Waals surface area contributed by atoms with E-state index in [1.54, 1.807) is 18.0 Å². The highest BCUT2D eigenvalue weighted by atomic mass is 35.5. The Morgan fingerprint density at radius 1 is 1.11 bits per heavy atom. The molecule has 0 bridgehead atoms. The van der Waals surface area contributed by atoms with Crippen LogP contribution in [0.4, 0.5) is 15.0 Å². The summed E-state index contributed by atoms with van der Waals surface area (Å²) < 4.78 is 20.8. The molecule has 0 saturated carbocycles. The summed E-state index contributed by atoms with van der Waals surface area (Å²) in [5, 5.41) is 11.0. The predicted octanol–water partition coefficient (Wildman–Crippen LogP) is 4.96. The van der Waals surface area contributed by atoms with Crippen molar-refractivity contribution in [2.75, 3.05) is 38.7 Å². The molecule has 10 heteroatoms. The van der Waals surface area contributed by atoms with E-state index >= 15 is 0 Å². The van der Waals surface area contributed by atoms with Crippen LogP contribution in [0.2, 0.25) is 5.02 Å². The van der Waals surface area contributed by atoms with E-state index < -0.39 is 11.8 Å². The molecule has 1 fully saturated rings. The fraction of sp³-hybridized carbons (Fsp3) is 0.250. The lowest BCUT2D eigenvalue weighted by Gasteiger charge is -2.20. The monoisotopic (exact) mass is 534 g/mol. The molecule has 2 unspecified atom stereocenters. The van der Waals surface area contributed by atoms with Gasteiger partial charge in [0.05, 0.1) is 24.5 Å². The first-order valence-corrected chi connectivity index (χ1v) is 12.7. The van der Waals surface area contributed by atoms with Gasteiger partial charge in [-0.25, -0.2) is 13.9 Å². The van der Waals surface area contributed by atoms with Gasteiger partial charge >= 0.3 is 6.03 Å². The number of nitrogens with zero attached hydrogens (tertiary/aromatic N) is 4. The van der Waals surface area contributed by atoms with Crippen molar-refractivity contribution in [1.82, 2.24) is 25.0 Å². The zero-order chi connectivity index (χ0) is 26.5. The van der Waals surface area contributed by atoms with Crippen molar-refractivity contribution in [3.63, 3.8) is 0 Å². The summed E-state index contributed by atoms with van der Waals surface area (Å²) in [4.78, 5) is 19.5. The third-order valence-corrected chi connectivity index (χ3v) is 6.94. The molecular weight excluding hydrogens is 507 g/mol. The van der Waals surface area contributed by atoms with E-state index in [4.69, 9.17) is 21.4 Å². The van der Waals surface area contributed by atoms with Crippen molar-refractivity contribution >= 4 is 23.4 Å². The Labute approximate surface area is 225 Å². The molecule has 2 amide bonds. The minimum atomic E-state index is -0.434. The average molecular weight is 535 g/mol. The number of ether oxygens (including phenoxy) is 1. The number of halogens is 2. The highest BCUT2D eigenvalue weighted by molar-refractivity contribution is 6.36. The number of para-hydroxylation sites is 1. The molecule has 4 aromatic rings. The van der Waals surface area contributed by atoms with Crippen LogP contribution in [0.3, 0.4) is 0 Å². The molecule has 2 atom stereocenters. The van der Waals surface area contributed by atoms with E-state index in [0.717, 1.165) is 16.8 Å². The van der Waals surface area contributed by atoms with E-state index in [2.05, 4.69) is 20.5 Å². The Hall–Kier alpha value is -3.79. The molecule has 2 aromatic carbocycles. The number of pyridine rings is 1. The standard InChI is InChI=1S/C28H28ClFN6O2/c1-38-13-12-35-17-23(20-14-21(30)16-31-15-20)24(18-35)32-28(37)33-27-25(29)26(19-8-4-2-5-9-19)34-36(27)22-10-6-3-7-11-22/h2-11,14-16,23-24H,12-13,17-18H2,1H3,(H2,32,33,37). The largest absolute Gasteiger partial charge is 0.383 e. The van der Waals surface area contributed by atoms with Crippen molar-refractivity contribution in [3.8, 4) is 16.9 Å². The van der Waals surface area contributed by atoms with Crippen molar-refractivity contribution in [3.05, 3.63) is 95.5 Å². The number of carbonyl (C=O) groups is 1. The maximum Gasteiger partial charge on any atom is 0.320 e. The maximum absolute atomic E-state index is 14.0. The molecule has 5 rings (SSSR count). The van der Waals surface area contributed by atoms with Crippen LogP contribution in [0.1, 0.15) is 11.5 Å². The van der Waals surface area contributed by atoms with E-state index in [9.17, 15) is 9.18 Å². The second-order valence-corrected chi connectivity index (χ2v) is 9.50. The zero-order valence-corrected chi connectivity index (χ0v) is 21.6. The molecular formula is C28H28ClFN6O2. The van der Waals surface area contributed by atoms with Crippen LogP contribution >= 0.6 is 11.6 Å². The van der Waals surface area contributed by atoms with Gasteiger partial charge in [-0.2, -0.15) is 5.10 Å². The number of methoxy groups -OCH3 is 1. The van der Waals surface area contributed by atoms with Crippen LogP contribution in [-0.2, 0) is 4.74 Å². The molecule has 0 radical (unpaired) electrons. The molecule has 2 aromatic heterocycles. The maximum atomic E-state index is 14.0. The van der Waals surface area contributed by atoms with Gasteiger partial charge in [-0.05, 0) is 23.8 Å². The van der Waals surface area contributed by atoms with Gasteiger partial charge in [-0.15, -0.1) is 0 Å². The summed E-state index contributed by atoms with van der Waals surface area (Å²) in [5.74, 6) is -0.198. The first kappa shape index (κ1) is 25.8. The van der Waals surface area contributed by atoms with Gasteiger partial charge in [-0.1, -0.05) is 60.1 Å². The first-order chi connectivity index (χ1) is 18.5. The van der Waals surface area contributed by atoms with Gasteiger partial charge < -0.3 is 10.1 Å². The zero-order valence-electron chi connectivity index (χ0n) is 20.8. The predicted molar refractivity (Wildman–Crippen MR) is 145 cm³/mol. The number of hydrogen-bond donors (Lipinski definition) is 2. The van der Waals surface area contributed by atoms with Crippen LogP contribution in [0.25, 0.3) is 16.9 Å². The summed E-state index contributed by atoms with van der Waals surface area (Å²) in [6, 6.07) is 19.8. The number of urea groups is 1. The van der Waals surface area contributed by atoms with Gasteiger partial charge in [0.25, 0.3) is 0 Å². The SMILES string of the molecule is COCCN1CC(NC(=O)Nc2c(Cl)c(-c3ccccc3)nn2-c2ccccc2)C(c2cncc(F)c2)C1. The normalized spacial score (nSPS) is 17.4. The number of amides is 2. The van der Waals surface area contributed by atoms with Gasteiger partial charge in [0.15, 0.2) is 5.82 Å². The van der Waals surface area contributed by atoms with Crippen LogP contribution in [0.5, 0.6) is 0 Å². The molecule has 3 heterocycles. The lowest BCUT2D eigenvalue weighted by atomic mass is 9.96. The molecule has 8 nitrogen and oxygen atoms in total. The minimum Gasteiger partial charge on any atom is -0.383 e. The first-order valence-electron chi connectivity index (χ1n) is 12.3. The second-order valence-electron chi connectivity index (χ2n) is 9.12. The fourth-order valence-corrected chi connectivity index (χ4v) is 5.03. The lowest BCUT2D eigenvalue weighted by molar-refractivity contribution is 0.159. The quantitative estimate of drug-likeness (QED) is 0.334. The molecule has 0 spiro atoms. The summed E-state index contributed by atoms with van der Waals surface area (Å²) in [6.07, 6.45) is 2.82. The summed E-state index contributed by atoms with van der Waals surface area (Å²) in [7, 11) is 1.65. The summed E-state index contributed by atoms with van der Waals surface area (Å²) in [5.41, 5.74) is 2.87. The van der Waals surface area contributed by atoms with Crippen LogP contribution in [0, 0.1) is 5.82 Å². The molecule has 38 heavy (non-hydrogen) atoms. The van der Waals surface area contributed by atoms with E-state index in [1.165, 1.54) is 12.3 Å². The third-order valence-electron chi connectivity index (χ3n) is 6.59.